The van der Waals surface area contributed by atoms with Crippen molar-refractivity contribution in [1.29, 1.82) is 0 Å². The SMILES string of the molecule is O=C(Nc1ccc(NC2=C(Cl)C(=O)c3ccccc3C2=O)cc1)c1ccncc1. The van der Waals surface area contributed by atoms with Gasteiger partial charge in [-0.15, -0.1) is 0 Å². The molecule has 0 saturated carbocycles. The molecule has 0 bridgehead atoms. The Bertz CT molecular complexity index is 1160. The van der Waals surface area contributed by atoms with Crippen molar-refractivity contribution in [3.8, 4) is 0 Å². The number of anilines is 2. The van der Waals surface area contributed by atoms with Crippen molar-refractivity contribution < 1.29 is 14.4 Å². The van der Waals surface area contributed by atoms with E-state index in [9.17, 15) is 14.4 Å². The first kappa shape index (κ1) is 18.6. The number of fused-ring (bicyclic) bond motifs is 1. The number of allylic oxidation sites excluding steroid dienone is 2. The Morgan fingerprint density at radius 1 is 0.793 bits per heavy atom. The number of ketones is 2. The molecule has 1 amide bonds. The van der Waals surface area contributed by atoms with Crippen LogP contribution in [0.4, 0.5) is 11.4 Å². The Kier molecular flexibility index (Phi) is 4.93. The van der Waals surface area contributed by atoms with Crippen LogP contribution in [0.5, 0.6) is 0 Å². The van der Waals surface area contributed by atoms with E-state index in [-0.39, 0.29) is 22.4 Å². The molecule has 0 fully saturated rings. The monoisotopic (exact) mass is 403 g/mol. The molecular weight excluding hydrogens is 390 g/mol. The van der Waals surface area contributed by atoms with Gasteiger partial charge < -0.3 is 10.6 Å². The van der Waals surface area contributed by atoms with Crippen LogP contribution in [0.25, 0.3) is 0 Å². The number of Topliss-reactive ketones (excluding diaryl/α,β-unsaturated/α-hetero) is 2. The van der Waals surface area contributed by atoms with Gasteiger partial charge in [-0.1, -0.05) is 35.9 Å². The average molecular weight is 404 g/mol. The molecule has 0 atom stereocenters. The molecule has 0 radical (unpaired) electrons. The van der Waals surface area contributed by atoms with Crippen molar-refractivity contribution in [2.24, 2.45) is 0 Å². The summed E-state index contributed by atoms with van der Waals surface area (Å²) < 4.78 is 0. The number of carbonyl (C=O) groups excluding carboxylic acids is 3. The predicted octanol–water partition coefficient (Wildman–Crippen LogP) is 4.28. The van der Waals surface area contributed by atoms with Crippen LogP contribution in [-0.2, 0) is 0 Å². The highest BCUT2D eigenvalue weighted by Crippen LogP contribution is 2.29. The lowest BCUT2D eigenvalue weighted by molar-refractivity contribution is 0.0982. The van der Waals surface area contributed by atoms with Crippen molar-refractivity contribution in [3.63, 3.8) is 0 Å². The maximum atomic E-state index is 12.7. The molecule has 0 aliphatic heterocycles. The molecule has 0 unspecified atom stereocenters. The summed E-state index contributed by atoms with van der Waals surface area (Å²) in [7, 11) is 0. The van der Waals surface area contributed by atoms with E-state index in [2.05, 4.69) is 15.6 Å². The second-order valence-corrected chi connectivity index (χ2v) is 6.66. The van der Waals surface area contributed by atoms with Gasteiger partial charge in [-0.2, -0.15) is 0 Å². The van der Waals surface area contributed by atoms with Crippen LogP contribution < -0.4 is 10.6 Å². The number of nitrogens with one attached hydrogen (secondary N) is 2. The lowest BCUT2D eigenvalue weighted by Gasteiger charge is -2.19. The molecule has 0 saturated heterocycles. The molecule has 1 aromatic heterocycles. The maximum absolute atomic E-state index is 12.7. The van der Waals surface area contributed by atoms with Crippen molar-refractivity contribution in [1.82, 2.24) is 4.98 Å². The minimum Gasteiger partial charge on any atom is -0.351 e. The van der Waals surface area contributed by atoms with Crippen LogP contribution in [0.2, 0.25) is 0 Å². The van der Waals surface area contributed by atoms with Crippen molar-refractivity contribution in [3.05, 3.63) is 100 Å². The number of amides is 1. The van der Waals surface area contributed by atoms with Gasteiger partial charge in [0.05, 0.1) is 0 Å². The molecule has 142 valence electrons. The fourth-order valence-electron chi connectivity index (χ4n) is 2.94. The number of nitrogens with zero attached hydrogens (tertiary/aromatic N) is 1. The lowest BCUT2D eigenvalue weighted by Crippen LogP contribution is -2.24. The Balaban J connectivity index is 1.52. The number of rotatable bonds is 4. The molecule has 1 aliphatic carbocycles. The minimum absolute atomic E-state index is 0.0314. The molecule has 6 nitrogen and oxygen atoms in total. The summed E-state index contributed by atoms with van der Waals surface area (Å²) in [4.78, 5) is 41.2. The van der Waals surface area contributed by atoms with E-state index in [1.54, 1.807) is 73.1 Å². The number of pyridine rings is 1. The maximum Gasteiger partial charge on any atom is 0.255 e. The van der Waals surface area contributed by atoms with Crippen molar-refractivity contribution in [2.75, 3.05) is 10.6 Å². The van der Waals surface area contributed by atoms with Crippen LogP contribution >= 0.6 is 11.6 Å². The third kappa shape index (κ3) is 3.66. The van der Waals surface area contributed by atoms with Gasteiger partial charge in [-0.25, -0.2) is 0 Å². The van der Waals surface area contributed by atoms with Crippen molar-refractivity contribution >= 4 is 40.4 Å². The first-order valence-electron chi connectivity index (χ1n) is 8.71. The van der Waals surface area contributed by atoms with Crippen LogP contribution in [0, 0.1) is 0 Å². The molecule has 3 aromatic rings. The smallest absolute Gasteiger partial charge is 0.255 e. The number of hydrogen-bond acceptors (Lipinski definition) is 5. The van der Waals surface area contributed by atoms with E-state index >= 15 is 0 Å². The summed E-state index contributed by atoms with van der Waals surface area (Å²) in [5.74, 6) is -1.01. The highest BCUT2D eigenvalue weighted by Gasteiger charge is 2.31. The predicted molar refractivity (Wildman–Crippen MR) is 110 cm³/mol. The molecule has 29 heavy (non-hydrogen) atoms. The number of halogens is 1. The normalized spacial score (nSPS) is 13.1. The van der Waals surface area contributed by atoms with Crippen LogP contribution in [0.3, 0.4) is 0 Å². The molecular formula is C22H14ClN3O3. The third-order valence-corrected chi connectivity index (χ3v) is 4.78. The van der Waals surface area contributed by atoms with Crippen molar-refractivity contribution in [2.45, 2.75) is 0 Å². The Morgan fingerprint density at radius 3 is 2.03 bits per heavy atom. The van der Waals surface area contributed by atoms with E-state index in [4.69, 9.17) is 11.6 Å². The summed E-state index contributed by atoms with van der Waals surface area (Å²) >= 11 is 6.16. The van der Waals surface area contributed by atoms with E-state index in [1.165, 1.54) is 0 Å². The Labute approximate surface area is 171 Å². The van der Waals surface area contributed by atoms with Gasteiger partial charge in [0.15, 0.2) is 0 Å². The Hall–Kier alpha value is -3.77. The third-order valence-electron chi connectivity index (χ3n) is 4.42. The zero-order valence-electron chi connectivity index (χ0n) is 15.0. The minimum atomic E-state index is -0.398. The van der Waals surface area contributed by atoms with Gasteiger partial charge >= 0.3 is 0 Å². The average Bonchev–Trinajstić information content (AvgIpc) is 2.77. The lowest BCUT2D eigenvalue weighted by atomic mass is 9.92. The number of benzene rings is 2. The van der Waals surface area contributed by atoms with E-state index < -0.39 is 5.78 Å². The van der Waals surface area contributed by atoms with Gasteiger partial charge in [-0.3, -0.25) is 19.4 Å². The quantitative estimate of drug-likeness (QED) is 0.679. The molecule has 7 heteroatoms. The van der Waals surface area contributed by atoms with E-state index in [1.807, 2.05) is 0 Å². The fraction of sp³-hybridized carbons (Fsp3) is 0. The Morgan fingerprint density at radius 2 is 1.38 bits per heavy atom. The highest BCUT2D eigenvalue weighted by molar-refractivity contribution is 6.50. The summed E-state index contributed by atoms with van der Waals surface area (Å²) in [5, 5.41) is 5.54. The first-order valence-corrected chi connectivity index (χ1v) is 9.09. The second-order valence-electron chi connectivity index (χ2n) is 6.29. The summed E-state index contributed by atoms with van der Waals surface area (Å²) in [6.07, 6.45) is 3.08. The standard InChI is InChI=1S/C22H14ClN3O3/c23-18-19(21(28)17-4-2-1-3-16(17)20(18)27)25-14-5-7-15(8-6-14)26-22(29)13-9-11-24-12-10-13/h1-12,25H,(H,26,29). The molecule has 1 heterocycles. The van der Waals surface area contributed by atoms with Crippen LogP contribution in [0.1, 0.15) is 31.1 Å². The molecule has 2 N–H and O–H groups in total. The fourth-order valence-corrected chi connectivity index (χ4v) is 3.18. The molecule has 4 rings (SSSR count). The first-order chi connectivity index (χ1) is 14.0. The zero-order chi connectivity index (χ0) is 20.4. The van der Waals surface area contributed by atoms with E-state index in [0.717, 1.165) is 0 Å². The number of aromatic nitrogens is 1. The van der Waals surface area contributed by atoms with Crippen LogP contribution in [-0.4, -0.2) is 22.5 Å². The van der Waals surface area contributed by atoms with Gasteiger partial charge in [-0.05, 0) is 36.4 Å². The zero-order valence-corrected chi connectivity index (χ0v) is 15.7. The number of carbonyl (C=O) groups is 3. The summed E-state index contributed by atoms with van der Waals surface area (Å²) in [5.41, 5.74) is 2.26. The van der Waals surface area contributed by atoms with Gasteiger partial charge in [0.2, 0.25) is 11.6 Å². The number of hydrogen-bond donors (Lipinski definition) is 2. The van der Waals surface area contributed by atoms with Gasteiger partial charge in [0.25, 0.3) is 5.91 Å². The van der Waals surface area contributed by atoms with Gasteiger partial charge in [0.1, 0.15) is 10.7 Å². The largest absolute Gasteiger partial charge is 0.351 e. The summed E-state index contributed by atoms with van der Waals surface area (Å²) in [6.45, 7) is 0. The van der Waals surface area contributed by atoms with Gasteiger partial charge in [0, 0.05) is 40.5 Å². The molecule has 1 aliphatic rings. The molecule has 0 spiro atoms. The highest BCUT2D eigenvalue weighted by atomic mass is 35.5. The topological polar surface area (TPSA) is 88.2 Å². The van der Waals surface area contributed by atoms with E-state index in [0.29, 0.717) is 28.1 Å². The second kappa shape index (κ2) is 7.69. The summed E-state index contributed by atoms with van der Waals surface area (Å²) in [6, 6.07) is 16.5. The van der Waals surface area contributed by atoms with Crippen LogP contribution in [0.15, 0.2) is 83.8 Å². The molecule has 2 aromatic carbocycles.